The normalized spacial score (nSPS) is 9.92. The number of rotatable bonds is 5. The van der Waals surface area contributed by atoms with Crippen molar-refractivity contribution in [3.05, 3.63) is 34.9 Å². The molecule has 0 radical (unpaired) electrons. The molecule has 13 heavy (non-hydrogen) atoms. The number of benzene rings is 1. The third-order valence-electron chi connectivity index (χ3n) is 1.54. The Labute approximate surface area is 82.5 Å². The number of halogens is 1. The van der Waals surface area contributed by atoms with Crippen LogP contribution in [0.4, 0.5) is 0 Å². The van der Waals surface area contributed by atoms with E-state index in [1.165, 1.54) is 0 Å². The Hall–Kier alpha value is -0.860. The van der Waals surface area contributed by atoms with Gasteiger partial charge in [0.1, 0.15) is 6.29 Å². The van der Waals surface area contributed by atoms with Gasteiger partial charge in [0.15, 0.2) is 0 Å². The monoisotopic (exact) mass is 198 g/mol. The van der Waals surface area contributed by atoms with E-state index in [0.29, 0.717) is 24.7 Å². The summed E-state index contributed by atoms with van der Waals surface area (Å²) in [4.78, 5) is 9.97. The van der Waals surface area contributed by atoms with E-state index in [0.717, 1.165) is 11.8 Å². The van der Waals surface area contributed by atoms with E-state index in [-0.39, 0.29) is 0 Å². The summed E-state index contributed by atoms with van der Waals surface area (Å²) in [5.41, 5.74) is 1.03. The highest BCUT2D eigenvalue weighted by Crippen LogP contribution is 2.11. The average molecular weight is 199 g/mol. The number of aldehydes is 1. The second-order valence-electron chi connectivity index (χ2n) is 2.64. The molecule has 0 unspecified atom stereocenters. The summed E-state index contributed by atoms with van der Waals surface area (Å²) >= 11 is 5.77. The minimum atomic E-state index is 0.445. The van der Waals surface area contributed by atoms with E-state index < -0.39 is 0 Å². The highest BCUT2D eigenvalue weighted by atomic mass is 35.5. The van der Waals surface area contributed by atoms with Crippen molar-refractivity contribution in [2.24, 2.45) is 0 Å². The van der Waals surface area contributed by atoms with E-state index in [1.807, 2.05) is 24.3 Å². The van der Waals surface area contributed by atoms with Gasteiger partial charge in [-0.3, -0.25) is 0 Å². The maximum atomic E-state index is 9.97. The van der Waals surface area contributed by atoms with Crippen molar-refractivity contribution in [3.63, 3.8) is 0 Å². The Morgan fingerprint density at radius 2 is 2.31 bits per heavy atom. The topological polar surface area (TPSA) is 26.3 Å². The summed E-state index contributed by atoms with van der Waals surface area (Å²) in [5.74, 6) is 0. The SMILES string of the molecule is O=CCCOCc1cccc(Cl)c1. The Morgan fingerprint density at radius 1 is 1.46 bits per heavy atom. The molecule has 1 aromatic rings. The highest BCUT2D eigenvalue weighted by Gasteiger charge is 1.93. The van der Waals surface area contributed by atoms with Crippen molar-refractivity contribution in [1.82, 2.24) is 0 Å². The van der Waals surface area contributed by atoms with Gasteiger partial charge in [-0.15, -0.1) is 0 Å². The van der Waals surface area contributed by atoms with Gasteiger partial charge in [0.25, 0.3) is 0 Å². The molecule has 0 aromatic heterocycles. The van der Waals surface area contributed by atoms with E-state index >= 15 is 0 Å². The Bertz CT molecular complexity index is 273. The molecule has 0 fully saturated rings. The first kappa shape index (κ1) is 10.2. The predicted molar refractivity (Wildman–Crippen MR) is 51.8 cm³/mol. The van der Waals surface area contributed by atoms with Crippen LogP contribution in [0, 0.1) is 0 Å². The van der Waals surface area contributed by atoms with Crippen LogP contribution in [0.3, 0.4) is 0 Å². The fourth-order valence-corrected chi connectivity index (χ4v) is 1.16. The fourth-order valence-electron chi connectivity index (χ4n) is 0.948. The van der Waals surface area contributed by atoms with Crippen LogP contribution in [0.1, 0.15) is 12.0 Å². The molecule has 0 spiro atoms. The van der Waals surface area contributed by atoms with Gasteiger partial charge in [-0.05, 0) is 17.7 Å². The molecule has 0 saturated carbocycles. The van der Waals surface area contributed by atoms with Gasteiger partial charge in [-0.1, -0.05) is 23.7 Å². The third-order valence-corrected chi connectivity index (χ3v) is 1.77. The van der Waals surface area contributed by atoms with Crippen LogP contribution in [-0.4, -0.2) is 12.9 Å². The van der Waals surface area contributed by atoms with Crippen LogP contribution in [0.5, 0.6) is 0 Å². The van der Waals surface area contributed by atoms with Crippen molar-refractivity contribution in [1.29, 1.82) is 0 Å². The maximum absolute atomic E-state index is 9.97. The summed E-state index contributed by atoms with van der Waals surface area (Å²) in [6, 6.07) is 7.48. The zero-order chi connectivity index (χ0) is 9.52. The minimum absolute atomic E-state index is 0.445. The average Bonchev–Trinajstić information content (AvgIpc) is 2.13. The van der Waals surface area contributed by atoms with Crippen molar-refractivity contribution in [3.8, 4) is 0 Å². The molecule has 0 atom stereocenters. The standard InChI is InChI=1S/C10H11ClO2/c11-10-4-1-3-9(7-10)8-13-6-2-5-12/h1,3-5,7H,2,6,8H2. The summed E-state index contributed by atoms with van der Waals surface area (Å²) < 4.78 is 5.23. The van der Waals surface area contributed by atoms with Gasteiger partial charge >= 0.3 is 0 Å². The molecule has 0 bridgehead atoms. The lowest BCUT2D eigenvalue weighted by atomic mass is 10.2. The Morgan fingerprint density at radius 3 is 3.00 bits per heavy atom. The van der Waals surface area contributed by atoms with Gasteiger partial charge in [-0.2, -0.15) is 0 Å². The van der Waals surface area contributed by atoms with Crippen LogP contribution < -0.4 is 0 Å². The molecule has 0 heterocycles. The second-order valence-corrected chi connectivity index (χ2v) is 3.07. The predicted octanol–water partition coefficient (Wildman–Crippen LogP) is 2.45. The van der Waals surface area contributed by atoms with Gasteiger partial charge in [0, 0.05) is 11.4 Å². The number of carbonyl (C=O) groups is 1. The van der Waals surface area contributed by atoms with Crippen LogP contribution in [0.15, 0.2) is 24.3 Å². The molecule has 1 aromatic carbocycles. The molecular weight excluding hydrogens is 188 g/mol. The molecule has 0 aliphatic rings. The molecular formula is C10H11ClO2. The lowest BCUT2D eigenvalue weighted by Crippen LogP contribution is -1.95. The smallest absolute Gasteiger partial charge is 0.122 e. The van der Waals surface area contributed by atoms with Crippen molar-refractivity contribution in [2.75, 3.05) is 6.61 Å². The van der Waals surface area contributed by atoms with E-state index in [1.54, 1.807) is 0 Å². The molecule has 0 saturated heterocycles. The molecule has 0 aliphatic heterocycles. The molecule has 0 N–H and O–H groups in total. The van der Waals surface area contributed by atoms with Crippen LogP contribution in [0.25, 0.3) is 0 Å². The summed E-state index contributed by atoms with van der Waals surface area (Å²) in [5, 5.41) is 0.705. The molecule has 0 aliphatic carbocycles. The van der Waals surface area contributed by atoms with Gasteiger partial charge in [-0.25, -0.2) is 0 Å². The van der Waals surface area contributed by atoms with Crippen molar-refractivity contribution in [2.45, 2.75) is 13.0 Å². The third kappa shape index (κ3) is 4.06. The van der Waals surface area contributed by atoms with Gasteiger partial charge in [0.2, 0.25) is 0 Å². The number of carbonyl (C=O) groups excluding carboxylic acids is 1. The highest BCUT2D eigenvalue weighted by molar-refractivity contribution is 6.30. The summed E-state index contributed by atoms with van der Waals surface area (Å²) in [6.45, 7) is 0.977. The first-order valence-electron chi connectivity index (χ1n) is 4.09. The van der Waals surface area contributed by atoms with Crippen LogP contribution >= 0.6 is 11.6 Å². The summed E-state index contributed by atoms with van der Waals surface area (Å²) in [7, 11) is 0. The summed E-state index contributed by atoms with van der Waals surface area (Å²) in [6.07, 6.45) is 1.29. The van der Waals surface area contributed by atoms with Crippen molar-refractivity contribution >= 4 is 17.9 Å². The van der Waals surface area contributed by atoms with E-state index in [4.69, 9.17) is 16.3 Å². The minimum Gasteiger partial charge on any atom is -0.376 e. The molecule has 70 valence electrons. The van der Waals surface area contributed by atoms with Crippen LogP contribution in [-0.2, 0) is 16.1 Å². The first-order chi connectivity index (χ1) is 6.33. The van der Waals surface area contributed by atoms with Crippen LogP contribution in [0.2, 0.25) is 5.02 Å². The lowest BCUT2D eigenvalue weighted by molar-refractivity contribution is -0.108. The number of hydrogen-bond donors (Lipinski definition) is 0. The molecule has 2 nitrogen and oxygen atoms in total. The fraction of sp³-hybridized carbons (Fsp3) is 0.300. The van der Waals surface area contributed by atoms with Crippen molar-refractivity contribution < 1.29 is 9.53 Å². The quantitative estimate of drug-likeness (QED) is 0.537. The Balaban J connectivity index is 2.32. The zero-order valence-corrected chi connectivity index (χ0v) is 7.96. The zero-order valence-electron chi connectivity index (χ0n) is 7.20. The largest absolute Gasteiger partial charge is 0.376 e. The lowest BCUT2D eigenvalue weighted by Gasteiger charge is -2.01. The number of hydrogen-bond acceptors (Lipinski definition) is 2. The number of ether oxygens (including phenoxy) is 1. The molecule has 1 rings (SSSR count). The van der Waals surface area contributed by atoms with Gasteiger partial charge < -0.3 is 9.53 Å². The van der Waals surface area contributed by atoms with E-state index in [9.17, 15) is 4.79 Å². The van der Waals surface area contributed by atoms with E-state index in [2.05, 4.69) is 0 Å². The first-order valence-corrected chi connectivity index (χ1v) is 4.46. The molecule has 3 heteroatoms. The second kappa shape index (κ2) is 5.73. The maximum Gasteiger partial charge on any atom is 0.122 e. The van der Waals surface area contributed by atoms with Gasteiger partial charge in [0.05, 0.1) is 13.2 Å². The molecule has 0 amide bonds. The Kier molecular flexibility index (Phi) is 4.50.